The van der Waals surface area contributed by atoms with Gasteiger partial charge in [-0.3, -0.25) is 0 Å². The van der Waals surface area contributed by atoms with E-state index >= 15 is 0 Å². The quantitative estimate of drug-likeness (QED) is 0.728. The van der Waals surface area contributed by atoms with Crippen LogP contribution in [0, 0.1) is 6.92 Å². The minimum absolute atomic E-state index is 0.118. The second-order valence-corrected chi connectivity index (χ2v) is 2.80. The highest BCUT2D eigenvalue weighted by atomic mass is 16.5. The number of benzene rings is 1. The molecule has 0 aliphatic carbocycles. The van der Waals surface area contributed by atoms with Crippen molar-refractivity contribution in [1.82, 2.24) is 0 Å². The number of hydrogen-bond acceptors (Lipinski definition) is 2. The van der Waals surface area contributed by atoms with Crippen LogP contribution in [0.5, 0.6) is 11.5 Å². The molecule has 0 fully saturated rings. The first-order valence-corrected chi connectivity index (χ1v) is 3.85. The van der Waals surface area contributed by atoms with Crippen molar-refractivity contribution in [2.45, 2.75) is 12.8 Å². The van der Waals surface area contributed by atoms with Gasteiger partial charge in [0.15, 0.2) is 11.5 Å². The molecule has 0 aliphatic heterocycles. The van der Waals surface area contributed by atoms with E-state index in [0.717, 1.165) is 5.56 Å². The standard InChI is InChI=1S/C10H13O2/c1-7(2)8-5-4-6-9(11)10(8)12-3/h4-7,11H,1H2,2-3H3. The van der Waals surface area contributed by atoms with E-state index in [1.54, 1.807) is 19.2 Å². The van der Waals surface area contributed by atoms with Crippen LogP contribution in [0.15, 0.2) is 18.2 Å². The largest absolute Gasteiger partial charge is 0.504 e. The molecular formula is C10H13O2. The molecule has 0 amide bonds. The van der Waals surface area contributed by atoms with Gasteiger partial charge < -0.3 is 9.84 Å². The summed E-state index contributed by atoms with van der Waals surface area (Å²) in [5, 5.41) is 9.39. The van der Waals surface area contributed by atoms with Crippen LogP contribution in [0.2, 0.25) is 0 Å². The Balaban J connectivity index is 3.18. The van der Waals surface area contributed by atoms with E-state index in [9.17, 15) is 5.11 Å². The fourth-order valence-corrected chi connectivity index (χ4v) is 1.15. The lowest BCUT2D eigenvalue weighted by atomic mass is 10.0. The van der Waals surface area contributed by atoms with Gasteiger partial charge in [-0.05, 0) is 18.9 Å². The van der Waals surface area contributed by atoms with Crippen molar-refractivity contribution in [3.8, 4) is 11.5 Å². The topological polar surface area (TPSA) is 29.5 Å². The van der Waals surface area contributed by atoms with Crippen LogP contribution in [-0.4, -0.2) is 12.2 Å². The number of methoxy groups -OCH3 is 1. The SMILES string of the molecule is [CH2]C(C)c1cccc(O)c1OC. The van der Waals surface area contributed by atoms with Gasteiger partial charge in [-0.25, -0.2) is 0 Å². The maximum absolute atomic E-state index is 9.39. The molecule has 2 heteroatoms. The van der Waals surface area contributed by atoms with Crippen LogP contribution in [0.25, 0.3) is 0 Å². The average molecular weight is 165 g/mol. The zero-order valence-electron chi connectivity index (χ0n) is 7.37. The Bertz CT molecular complexity index is 267. The monoisotopic (exact) mass is 165 g/mol. The summed E-state index contributed by atoms with van der Waals surface area (Å²) in [5.41, 5.74) is 0.928. The van der Waals surface area contributed by atoms with E-state index in [-0.39, 0.29) is 11.7 Å². The third-order valence-corrected chi connectivity index (χ3v) is 1.76. The molecule has 0 bridgehead atoms. The summed E-state index contributed by atoms with van der Waals surface area (Å²) in [4.78, 5) is 0. The third kappa shape index (κ3) is 1.52. The zero-order valence-corrected chi connectivity index (χ0v) is 7.37. The van der Waals surface area contributed by atoms with Crippen LogP contribution in [0.3, 0.4) is 0 Å². The van der Waals surface area contributed by atoms with Crippen molar-refractivity contribution in [2.24, 2.45) is 0 Å². The van der Waals surface area contributed by atoms with Crippen LogP contribution >= 0.6 is 0 Å². The van der Waals surface area contributed by atoms with Crippen LogP contribution in [0.1, 0.15) is 18.4 Å². The van der Waals surface area contributed by atoms with Crippen LogP contribution in [0.4, 0.5) is 0 Å². The molecule has 0 spiro atoms. The van der Waals surface area contributed by atoms with Crippen molar-refractivity contribution < 1.29 is 9.84 Å². The number of ether oxygens (including phenoxy) is 1. The molecule has 1 rings (SSSR count). The average Bonchev–Trinajstić information content (AvgIpc) is 2.03. The number of phenols is 1. The maximum atomic E-state index is 9.39. The van der Waals surface area contributed by atoms with E-state index in [2.05, 4.69) is 6.92 Å². The van der Waals surface area contributed by atoms with E-state index < -0.39 is 0 Å². The molecule has 1 unspecified atom stereocenters. The van der Waals surface area contributed by atoms with E-state index in [1.165, 1.54) is 0 Å². The molecule has 0 aliphatic rings. The minimum atomic E-state index is 0.118. The minimum Gasteiger partial charge on any atom is -0.504 e. The number of hydrogen-bond donors (Lipinski definition) is 1. The van der Waals surface area contributed by atoms with E-state index in [0.29, 0.717) is 5.75 Å². The zero-order chi connectivity index (χ0) is 9.14. The van der Waals surface area contributed by atoms with Gasteiger partial charge in [-0.15, -0.1) is 0 Å². The highest BCUT2D eigenvalue weighted by Gasteiger charge is 2.09. The van der Waals surface area contributed by atoms with Gasteiger partial charge in [0.2, 0.25) is 0 Å². The molecule has 0 heterocycles. The number of phenolic OH excluding ortho intramolecular Hbond substituents is 1. The van der Waals surface area contributed by atoms with Gasteiger partial charge in [0, 0.05) is 5.56 Å². The van der Waals surface area contributed by atoms with Crippen molar-refractivity contribution in [1.29, 1.82) is 0 Å². The third-order valence-electron chi connectivity index (χ3n) is 1.76. The molecule has 1 atom stereocenters. The lowest BCUT2D eigenvalue weighted by Crippen LogP contribution is -1.94. The molecular weight excluding hydrogens is 152 g/mol. The lowest BCUT2D eigenvalue weighted by Gasteiger charge is -2.11. The van der Waals surface area contributed by atoms with Crippen molar-refractivity contribution in [2.75, 3.05) is 7.11 Å². The van der Waals surface area contributed by atoms with Gasteiger partial charge in [-0.1, -0.05) is 19.1 Å². The summed E-state index contributed by atoms with van der Waals surface area (Å²) in [6, 6.07) is 5.29. The van der Waals surface area contributed by atoms with Crippen LogP contribution in [-0.2, 0) is 0 Å². The molecule has 65 valence electrons. The fraction of sp³-hybridized carbons (Fsp3) is 0.300. The summed E-state index contributed by atoms with van der Waals surface area (Å²) in [6.07, 6.45) is 0. The van der Waals surface area contributed by atoms with Gasteiger partial charge in [0.1, 0.15) is 0 Å². The molecule has 0 aromatic heterocycles. The summed E-state index contributed by atoms with van der Waals surface area (Å²) >= 11 is 0. The summed E-state index contributed by atoms with van der Waals surface area (Å²) in [7, 11) is 1.54. The molecule has 12 heavy (non-hydrogen) atoms. The van der Waals surface area contributed by atoms with Crippen molar-refractivity contribution >= 4 is 0 Å². The fourth-order valence-electron chi connectivity index (χ4n) is 1.15. The highest BCUT2D eigenvalue weighted by Crippen LogP contribution is 2.33. The van der Waals surface area contributed by atoms with E-state index in [4.69, 9.17) is 4.74 Å². The first kappa shape index (κ1) is 8.91. The van der Waals surface area contributed by atoms with Crippen LogP contribution < -0.4 is 4.74 Å². The Morgan fingerprint density at radius 3 is 2.58 bits per heavy atom. The van der Waals surface area contributed by atoms with Crippen molar-refractivity contribution in [3.05, 3.63) is 30.7 Å². The first-order valence-electron chi connectivity index (χ1n) is 3.85. The molecule has 1 radical (unpaired) electrons. The van der Waals surface area contributed by atoms with Gasteiger partial charge in [0.05, 0.1) is 7.11 Å². The Kier molecular flexibility index (Phi) is 2.58. The normalized spacial score (nSPS) is 10.3. The molecule has 0 saturated heterocycles. The Morgan fingerprint density at radius 1 is 1.50 bits per heavy atom. The number of para-hydroxylation sites is 1. The molecule has 2 nitrogen and oxygen atoms in total. The summed E-state index contributed by atoms with van der Waals surface area (Å²) in [6.45, 7) is 5.82. The molecule has 1 aromatic carbocycles. The summed E-state index contributed by atoms with van der Waals surface area (Å²) < 4.78 is 5.05. The van der Waals surface area contributed by atoms with Crippen molar-refractivity contribution in [3.63, 3.8) is 0 Å². The number of aromatic hydroxyl groups is 1. The van der Waals surface area contributed by atoms with Gasteiger partial charge in [0.25, 0.3) is 0 Å². The van der Waals surface area contributed by atoms with E-state index in [1.807, 2.05) is 13.0 Å². The maximum Gasteiger partial charge on any atom is 0.163 e. The molecule has 1 N–H and O–H groups in total. The number of rotatable bonds is 2. The Labute approximate surface area is 72.8 Å². The molecule has 1 aromatic rings. The molecule has 0 saturated carbocycles. The second-order valence-electron chi connectivity index (χ2n) is 2.80. The Hall–Kier alpha value is -1.18. The lowest BCUT2D eigenvalue weighted by molar-refractivity contribution is 0.368. The summed E-state index contributed by atoms with van der Waals surface area (Å²) in [5.74, 6) is 0.817. The van der Waals surface area contributed by atoms with Gasteiger partial charge >= 0.3 is 0 Å². The second kappa shape index (κ2) is 3.48. The highest BCUT2D eigenvalue weighted by molar-refractivity contribution is 5.47. The Morgan fingerprint density at radius 2 is 2.17 bits per heavy atom. The predicted molar refractivity (Wildman–Crippen MR) is 48.4 cm³/mol. The first-order chi connectivity index (χ1) is 5.66. The predicted octanol–water partition coefficient (Wildman–Crippen LogP) is 2.34. The van der Waals surface area contributed by atoms with Gasteiger partial charge in [-0.2, -0.15) is 0 Å². The smallest absolute Gasteiger partial charge is 0.163 e.